The molecule has 2 unspecified atom stereocenters. The molecule has 0 aliphatic rings. The Morgan fingerprint density at radius 2 is 2.58 bits per heavy atom. The Hall–Kier alpha value is -1.36. The van der Waals surface area contributed by atoms with Gasteiger partial charge in [-0.05, 0) is 6.92 Å². The van der Waals surface area contributed by atoms with Crippen LogP contribution in [0.1, 0.15) is 18.7 Å². The second kappa shape index (κ2) is 3.87. The zero-order chi connectivity index (χ0) is 8.97. The molecule has 0 saturated carbocycles. The van der Waals surface area contributed by atoms with Gasteiger partial charge in [-0.2, -0.15) is 0 Å². The van der Waals surface area contributed by atoms with Crippen LogP contribution < -0.4 is 5.73 Å². The Kier molecular flexibility index (Phi) is 2.82. The third-order valence-corrected chi connectivity index (χ3v) is 1.65. The first kappa shape index (κ1) is 8.73. The lowest BCUT2D eigenvalue weighted by Crippen LogP contribution is -2.26. The Labute approximate surface area is 69.9 Å². The van der Waals surface area contributed by atoms with Gasteiger partial charge in [-0.3, -0.25) is 4.79 Å². The topological polar surface area (TPSA) is 81.0 Å². The molecule has 2 atom stereocenters. The summed E-state index contributed by atoms with van der Waals surface area (Å²) < 4.78 is 4.67. The van der Waals surface area contributed by atoms with Gasteiger partial charge in [-0.25, -0.2) is 4.98 Å². The molecule has 0 aliphatic carbocycles. The molecule has 1 aromatic rings. The number of H-pyrrole nitrogens is 1. The zero-order valence-corrected chi connectivity index (χ0v) is 6.73. The van der Waals surface area contributed by atoms with Crippen LogP contribution in [0.3, 0.4) is 0 Å². The van der Waals surface area contributed by atoms with Gasteiger partial charge in [-0.1, -0.05) is 0 Å². The number of nitrogens with two attached hydrogens (primary N) is 1. The molecule has 5 heteroatoms. The molecule has 0 spiro atoms. The van der Waals surface area contributed by atoms with E-state index in [0.29, 0.717) is 6.47 Å². The van der Waals surface area contributed by atoms with E-state index in [1.807, 2.05) is 0 Å². The summed E-state index contributed by atoms with van der Waals surface area (Å²) in [5, 5.41) is 0. The van der Waals surface area contributed by atoms with Gasteiger partial charge >= 0.3 is 0 Å². The number of aromatic amines is 1. The van der Waals surface area contributed by atoms with Crippen molar-refractivity contribution in [2.24, 2.45) is 5.73 Å². The lowest BCUT2D eigenvalue weighted by Gasteiger charge is -2.15. The van der Waals surface area contributed by atoms with Crippen LogP contribution in [0.5, 0.6) is 0 Å². The van der Waals surface area contributed by atoms with Crippen molar-refractivity contribution in [3.63, 3.8) is 0 Å². The van der Waals surface area contributed by atoms with Crippen molar-refractivity contribution in [3.05, 3.63) is 18.2 Å². The van der Waals surface area contributed by atoms with Gasteiger partial charge in [0.15, 0.2) is 0 Å². The number of carbonyl (C=O) groups excluding carboxylic acids is 1. The van der Waals surface area contributed by atoms with Crippen LogP contribution in [0, 0.1) is 0 Å². The van der Waals surface area contributed by atoms with E-state index < -0.39 is 0 Å². The van der Waals surface area contributed by atoms with E-state index in [-0.39, 0.29) is 12.1 Å². The van der Waals surface area contributed by atoms with Crippen molar-refractivity contribution in [3.8, 4) is 0 Å². The molecule has 1 rings (SSSR count). The fourth-order valence-corrected chi connectivity index (χ4v) is 0.874. The normalized spacial score (nSPS) is 15.2. The number of hydrogen-bond donors (Lipinski definition) is 2. The van der Waals surface area contributed by atoms with E-state index in [9.17, 15) is 4.79 Å². The average molecular weight is 169 g/mol. The standard InChI is InChI=1S/C7H11N3O2/c1-5(12-4-11)7(8)6-2-9-3-10-6/h2-5,7H,8H2,1H3,(H,9,10). The first-order chi connectivity index (χ1) is 5.75. The summed E-state index contributed by atoms with van der Waals surface area (Å²) in [6.45, 7) is 2.11. The van der Waals surface area contributed by atoms with Gasteiger partial charge in [-0.15, -0.1) is 0 Å². The number of nitrogens with zero attached hydrogens (tertiary/aromatic N) is 1. The minimum absolute atomic E-state index is 0.344. The molecule has 12 heavy (non-hydrogen) atoms. The van der Waals surface area contributed by atoms with Gasteiger partial charge < -0.3 is 15.5 Å². The lowest BCUT2D eigenvalue weighted by molar-refractivity contribution is -0.133. The Balaban J connectivity index is 2.58. The molecular formula is C7H11N3O2. The summed E-state index contributed by atoms with van der Waals surface area (Å²) >= 11 is 0. The lowest BCUT2D eigenvalue weighted by atomic mass is 10.1. The highest BCUT2D eigenvalue weighted by molar-refractivity contribution is 5.37. The monoisotopic (exact) mass is 169 g/mol. The van der Waals surface area contributed by atoms with Gasteiger partial charge in [0.1, 0.15) is 6.10 Å². The first-order valence-electron chi connectivity index (χ1n) is 3.58. The van der Waals surface area contributed by atoms with Crippen LogP contribution in [-0.4, -0.2) is 22.5 Å². The summed E-state index contributed by atoms with van der Waals surface area (Å²) in [6, 6.07) is -0.349. The van der Waals surface area contributed by atoms with Crippen molar-refractivity contribution in [1.29, 1.82) is 0 Å². The maximum absolute atomic E-state index is 9.99. The molecule has 1 heterocycles. The smallest absolute Gasteiger partial charge is 0.293 e. The van der Waals surface area contributed by atoms with Gasteiger partial charge in [0.05, 0.1) is 18.1 Å². The van der Waals surface area contributed by atoms with Crippen molar-refractivity contribution >= 4 is 6.47 Å². The third-order valence-electron chi connectivity index (χ3n) is 1.65. The van der Waals surface area contributed by atoms with E-state index in [4.69, 9.17) is 5.73 Å². The van der Waals surface area contributed by atoms with E-state index in [1.54, 1.807) is 13.1 Å². The highest BCUT2D eigenvalue weighted by atomic mass is 16.5. The van der Waals surface area contributed by atoms with Crippen molar-refractivity contribution in [2.75, 3.05) is 0 Å². The van der Waals surface area contributed by atoms with Crippen molar-refractivity contribution in [2.45, 2.75) is 19.1 Å². The largest absolute Gasteiger partial charge is 0.463 e. The minimum atomic E-state index is -0.349. The molecule has 66 valence electrons. The highest BCUT2D eigenvalue weighted by Gasteiger charge is 2.16. The predicted molar refractivity (Wildman–Crippen MR) is 42.1 cm³/mol. The minimum Gasteiger partial charge on any atom is -0.463 e. The van der Waals surface area contributed by atoms with Crippen LogP contribution in [-0.2, 0) is 9.53 Å². The molecular weight excluding hydrogens is 158 g/mol. The molecule has 3 N–H and O–H groups in total. The van der Waals surface area contributed by atoms with E-state index in [0.717, 1.165) is 5.69 Å². The molecule has 0 bridgehead atoms. The summed E-state index contributed by atoms with van der Waals surface area (Å²) in [5.41, 5.74) is 6.47. The SMILES string of the molecule is CC(OC=O)C(N)c1cnc[nH]1. The molecule has 0 saturated heterocycles. The molecule has 1 aromatic heterocycles. The van der Waals surface area contributed by atoms with Crippen LogP contribution in [0.15, 0.2) is 12.5 Å². The summed E-state index contributed by atoms with van der Waals surface area (Å²) in [5.74, 6) is 0. The molecule has 0 radical (unpaired) electrons. The molecule has 0 aromatic carbocycles. The average Bonchev–Trinajstić information content (AvgIpc) is 2.55. The number of rotatable bonds is 4. The molecule has 0 amide bonds. The van der Waals surface area contributed by atoms with Crippen LogP contribution in [0.4, 0.5) is 0 Å². The Bertz CT molecular complexity index is 235. The Morgan fingerprint density at radius 3 is 3.08 bits per heavy atom. The molecule has 5 nitrogen and oxygen atoms in total. The van der Waals surface area contributed by atoms with Gasteiger partial charge in [0.2, 0.25) is 0 Å². The van der Waals surface area contributed by atoms with Gasteiger partial charge in [0, 0.05) is 6.20 Å². The highest BCUT2D eigenvalue weighted by Crippen LogP contribution is 2.11. The second-order valence-electron chi connectivity index (χ2n) is 2.47. The van der Waals surface area contributed by atoms with Crippen LogP contribution in [0.25, 0.3) is 0 Å². The number of hydrogen-bond acceptors (Lipinski definition) is 4. The Morgan fingerprint density at radius 1 is 1.83 bits per heavy atom. The molecule has 0 fully saturated rings. The number of ether oxygens (including phenoxy) is 1. The summed E-state index contributed by atoms with van der Waals surface area (Å²) in [7, 11) is 0. The molecule has 0 aliphatic heterocycles. The van der Waals surface area contributed by atoms with Crippen LogP contribution in [0.2, 0.25) is 0 Å². The first-order valence-corrected chi connectivity index (χ1v) is 3.58. The fourth-order valence-electron chi connectivity index (χ4n) is 0.874. The van der Waals surface area contributed by atoms with E-state index in [1.165, 1.54) is 6.33 Å². The second-order valence-corrected chi connectivity index (χ2v) is 2.47. The van der Waals surface area contributed by atoms with Gasteiger partial charge in [0.25, 0.3) is 6.47 Å². The summed E-state index contributed by atoms with van der Waals surface area (Å²) in [4.78, 5) is 16.6. The number of nitrogens with one attached hydrogen (secondary N) is 1. The predicted octanol–water partition coefficient (Wildman–Crippen LogP) is -0.0290. The third kappa shape index (κ3) is 1.82. The quantitative estimate of drug-likeness (QED) is 0.620. The maximum atomic E-state index is 9.99. The van der Waals surface area contributed by atoms with Crippen LogP contribution >= 0.6 is 0 Å². The number of carbonyl (C=O) groups is 1. The zero-order valence-electron chi connectivity index (χ0n) is 6.73. The van der Waals surface area contributed by atoms with E-state index >= 15 is 0 Å². The fraction of sp³-hybridized carbons (Fsp3) is 0.429. The number of imidazole rings is 1. The van der Waals surface area contributed by atoms with Crippen molar-refractivity contribution < 1.29 is 9.53 Å². The maximum Gasteiger partial charge on any atom is 0.293 e. The van der Waals surface area contributed by atoms with Crippen molar-refractivity contribution in [1.82, 2.24) is 9.97 Å². The summed E-state index contributed by atoms with van der Waals surface area (Å²) in [6.07, 6.45) is 2.79. The number of aromatic nitrogens is 2. The van der Waals surface area contributed by atoms with E-state index in [2.05, 4.69) is 14.7 Å².